The molecule has 0 bridgehead atoms. The van der Waals surface area contributed by atoms with Crippen LogP contribution in [0, 0.1) is 13.8 Å². The van der Waals surface area contributed by atoms with Gasteiger partial charge in [0, 0.05) is 69.5 Å². The maximum atomic E-state index is 9.94. The predicted octanol–water partition coefficient (Wildman–Crippen LogP) is 6.67. The van der Waals surface area contributed by atoms with Crippen molar-refractivity contribution in [1.82, 2.24) is 68.2 Å². The fraction of sp³-hybridized carbons (Fsp3) is 0.333. The zero-order valence-electron chi connectivity index (χ0n) is 45.8. The molecule has 3 aliphatic heterocycles. The lowest BCUT2D eigenvalue weighted by Crippen LogP contribution is -2.23. The van der Waals surface area contributed by atoms with Crippen LogP contribution in [-0.2, 0) is 0 Å². The number of ether oxygens (including phenoxy) is 4. The van der Waals surface area contributed by atoms with Crippen LogP contribution < -0.4 is 45.1 Å². The number of aromatic nitrogens is 13. The molecule has 0 saturated carbocycles. The molecule has 0 radical (unpaired) electrons. The van der Waals surface area contributed by atoms with Crippen molar-refractivity contribution < 1.29 is 34.3 Å². The summed E-state index contributed by atoms with van der Waals surface area (Å²) >= 11 is 17.2. The summed E-state index contributed by atoms with van der Waals surface area (Å²) in [5, 5.41) is 47.6. The Bertz CT molecular complexity index is 3720. The van der Waals surface area contributed by atoms with Crippen LogP contribution in [0.2, 0.25) is 15.7 Å². The largest absolute Gasteiger partial charge is 0.496 e. The number of nitrogens with two attached hydrogens (primary N) is 1. The standard InChI is InChI=1S/C22H25N7O2.C12H15N3O3.C10H11ClN4O.C6H3Cl2N3.C4H9NO/c1-14-9-16(10-19(31-3)15(14)2)28-12-20(23-13-28)24-22-25-21(27-8-6-17(30)11-27)18-5-4-7-29(18)26-22;1-16-9-4-8(15-6-11(13)14-7-15)5-10(17-2)12(9)18-3;11-10-12-9(14-5-3-7(16)6-14)8-2-1-4-15(8)13-10;7-5-4-2-1-3-11(4)10-6(8)9-5;6-4-1-2-5-3-4/h4-5,7,9-10,12-13,17,30H,6,8,11H2,1-3H3,(H,24,26);4-7H,13H2,1-3H3;1-2,4,7,16H,3,5-6H2;1-3H;4-6H,1-3H2/t17-;;7-;;4-/m1.1.1/s1. The third-order valence-electron chi connectivity index (χ3n) is 13.5. The SMILES string of the molecule is COc1cc(-n2cnc(N)c2)cc(OC)c1OC.COc1cc(-n2cnc(Nc3nc(N4CC[C@@H](O)C4)c4cccn4n3)c2)cc(C)c1C.Clc1nc(Cl)c2cccn2n1.O[C@@H]1CCN(c2nc(Cl)nn3cccc23)C1.O[C@@H]1CCNC1. The van der Waals surface area contributed by atoms with Gasteiger partial charge < -0.3 is 69.6 Å². The lowest BCUT2D eigenvalue weighted by molar-refractivity contribution is 0.196. The number of aliphatic hydroxyl groups is 3. The van der Waals surface area contributed by atoms with Crippen LogP contribution in [0.5, 0.6) is 23.0 Å². The fourth-order valence-electron chi connectivity index (χ4n) is 9.22. The zero-order chi connectivity index (χ0) is 58.0. The molecule has 7 N–H and O–H groups in total. The van der Waals surface area contributed by atoms with E-state index < -0.39 is 0 Å². The van der Waals surface area contributed by atoms with Crippen molar-refractivity contribution in [2.24, 2.45) is 0 Å². The molecular formula is C54H63Cl3N18O7. The van der Waals surface area contributed by atoms with Gasteiger partial charge in [-0.1, -0.05) is 11.6 Å². The number of rotatable bonds is 10. The summed E-state index contributed by atoms with van der Waals surface area (Å²) in [6, 6.07) is 19.1. The second kappa shape index (κ2) is 26.6. The summed E-state index contributed by atoms with van der Waals surface area (Å²) in [4.78, 5) is 25.3. The number of aryl methyl sites for hydroxylation is 1. The smallest absolute Gasteiger partial charge is 0.248 e. The van der Waals surface area contributed by atoms with Gasteiger partial charge in [0.15, 0.2) is 34.1 Å². The number of nitrogens with one attached hydrogen (secondary N) is 2. The Hall–Kier alpha value is -8.17. The van der Waals surface area contributed by atoms with Gasteiger partial charge >= 0.3 is 0 Å². The minimum absolute atomic E-state index is 0.0648. The highest BCUT2D eigenvalue weighted by Crippen LogP contribution is 2.39. The van der Waals surface area contributed by atoms with Gasteiger partial charge in [-0.25, -0.2) is 28.5 Å². The average molecular weight is 1180 g/mol. The number of aliphatic hydroxyl groups excluding tert-OH is 3. The van der Waals surface area contributed by atoms with E-state index in [0.29, 0.717) is 53.1 Å². The molecule has 25 nitrogen and oxygen atoms in total. The van der Waals surface area contributed by atoms with Gasteiger partial charge in [0.25, 0.3) is 0 Å². The Morgan fingerprint density at radius 1 is 0.622 bits per heavy atom. The quantitative estimate of drug-likeness (QED) is 0.0834. The lowest BCUT2D eigenvalue weighted by Gasteiger charge is -2.18. The van der Waals surface area contributed by atoms with Gasteiger partial charge in [-0.05, 0) is 116 Å². The first kappa shape index (κ1) is 58.5. The molecule has 2 aromatic carbocycles. The molecule has 3 atom stereocenters. The highest BCUT2D eigenvalue weighted by Gasteiger charge is 2.26. The Balaban J connectivity index is 0.000000135. The van der Waals surface area contributed by atoms with Crippen molar-refractivity contribution in [3.8, 4) is 34.4 Å². The van der Waals surface area contributed by atoms with E-state index >= 15 is 0 Å². The number of methoxy groups -OCH3 is 4. The number of β-amino-alcohol motifs (C(OH)–C–C–N with tert-alkyl or cyclic N) is 3. The molecule has 3 saturated heterocycles. The number of anilines is 5. The van der Waals surface area contributed by atoms with Crippen LogP contribution in [0.3, 0.4) is 0 Å². The fourth-order valence-corrected chi connectivity index (χ4v) is 9.82. The minimum atomic E-state index is -0.327. The molecule has 28 heteroatoms. The monoisotopic (exact) mass is 1180 g/mol. The number of benzene rings is 2. The first-order valence-electron chi connectivity index (χ1n) is 26.0. The number of hydrogen-bond acceptors (Lipinski definition) is 20. The summed E-state index contributed by atoms with van der Waals surface area (Å²) < 4.78 is 30.1. The molecule has 8 aromatic heterocycles. The van der Waals surface area contributed by atoms with Crippen molar-refractivity contribution in [1.29, 1.82) is 0 Å². The van der Waals surface area contributed by atoms with E-state index in [2.05, 4.69) is 63.8 Å². The first-order valence-corrected chi connectivity index (χ1v) is 27.1. The molecule has 3 aliphatic rings. The topological polar surface area (TPSA) is 280 Å². The third-order valence-corrected chi connectivity index (χ3v) is 14.1. The maximum absolute atomic E-state index is 9.94. The predicted molar refractivity (Wildman–Crippen MR) is 314 cm³/mol. The van der Waals surface area contributed by atoms with Crippen LogP contribution >= 0.6 is 34.8 Å². The molecule has 0 spiro atoms. The number of halogens is 3. The molecule has 0 aliphatic carbocycles. The number of fused-ring (bicyclic) bond motifs is 3. The van der Waals surface area contributed by atoms with Crippen LogP contribution in [0.4, 0.5) is 29.2 Å². The van der Waals surface area contributed by atoms with E-state index in [0.717, 1.165) is 102 Å². The molecule has 13 rings (SSSR count). The summed E-state index contributed by atoms with van der Waals surface area (Å²) in [6.45, 7) is 8.63. The molecule has 82 heavy (non-hydrogen) atoms. The van der Waals surface area contributed by atoms with E-state index in [1.807, 2.05) is 89.6 Å². The molecular weight excluding hydrogens is 1120 g/mol. The Kier molecular flexibility index (Phi) is 19.0. The van der Waals surface area contributed by atoms with Crippen molar-refractivity contribution in [3.05, 3.63) is 131 Å². The Labute approximate surface area is 486 Å². The Morgan fingerprint density at radius 3 is 1.68 bits per heavy atom. The zero-order valence-corrected chi connectivity index (χ0v) is 48.1. The maximum Gasteiger partial charge on any atom is 0.248 e. The highest BCUT2D eigenvalue weighted by atomic mass is 35.5. The van der Waals surface area contributed by atoms with E-state index in [-0.39, 0.29) is 28.9 Å². The number of hydrogen-bond donors (Lipinski definition) is 6. The van der Waals surface area contributed by atoms with Gasteiger partial charge in [0.2, 0.25) is 22.3 Å². The summed E-state index contributed by atoms with van der Waals surface area (Å²) in [7, 11) is 6.39. The van der Waals surface area contributed by atoms with Gasteiger partial charge in [0.05, 0.1) is 70.5 Å². The van der Waals surface area contributed by atoms with Gasteiger partial charge in [-0.3, -0.25) is 0 Å². The molecule has 10 aromatic rings. The van der Waals surface area contributed by atoms with Crippen LogP contribution in [0.1, 0.15) is 30.4 Å². The van der Waals surface area contributed by atoms with Crippen LogP contribution in [-0.4, -0.2) is 164 Å². The lowest BCUT2D eigenvalue weighted by atomic mass is 10.1. The van der Waals surface area contributed by atoms with E-state index in [1.54, 1.807) is 71.6 Å². The van der Waals surface area contributed by atoms with Crippen LogP contribution in [0.15, 0.2) is 104 Å². The molecule has 0 amide bonds. The van der Waals surface area contributed by atoms with Crippen molar-refractivity contribution >= 4 is 80.6 Å². The van der Waals surface area contributed by atoms with E-state index in [1.165, 1.54) is 0 Å². The second-order valence-corrected chi connectivity index (χ2v) is 20.1. The summed E-state index contributed by atoms with van der Waals surface area (Å²) in [5.74, 6) is 5.69. The van der Waals surface area contributed by atoms with Gasteiger partial charge in [-0.2, -0.15) is 9.97 Å². The van der Waals surface area contributed by atoms with Crippen molar-refractivity contribution in [2.75, 3.05) is 88.6 Å². The van der Waals surface area contributed by atoms with E-state index in [4.69, 9.17) is 69.6 Å². The third kappa shape index (κ3) is 13.9. The summed E-state index contributed by atoms with van der Waals surface area (Å²) in [6.07, 6.45) is 14.2. The second-order valence-electron chi connectivity index (χ2n) is 19.0. The van der Waals surface area contributed by atoms with Crippen LogP contribution in [0.25, 0.3) is 27.9 Å². The van der Waals surface area contributed by atoms with Gasteiger partial charge in [0.1, 0.15) is 40.8 Å². The van der Waals surface area contributed by atoms with E-state index in [9.17, 15) is 10.2 Å². The average Bonchev–Trinajstić information content (AvgIpc) is 4.48. The Morgan fingerprint density at radius 2 is 1.16 bits per heavy atom. The highest BCUT2D eigenvalue weighted by molar-refractivity contribution is 6.34. The molecule has 11 heterocycles. The van der Waals surface area contributed by atoms with Crippen molar-refractivity contribution in [3.63, 3.8) is 0 Å². The number of nitrogens with zero attached hydrogens (tertiary/aromatic N) is 15. The van der Waals surface area contributed by atoms with Gasteiger partial charge in [-0.15, -0.1) is 15.3 Å². The van der Waals surface area contributed by atoms with Crippen molar-refractivity contribution in [2.45, 2.75) is 51.4 Å². The minimum Gasteiger partial charge on any atom is -0.496 e. The first-order chi connectivity index (χ1) is 39.6. The number of nitrogen functional groups attached to an aromatic ring is 1. The molecule has 432 valence electrons. The molecule has 0 unspecified atom stereocenters. The normalized spacial score (nSPS) is 16.4. The molecule has 3 fully saturated rings. The summed E-state index contributed by atoms with van der Waals surface area (Å²) in [5.41, 5.74) is 12.2. The number of imidazole rings is 2.